The predicted octanol–water partition coefficient (Wildman–Crippen LogP) is 14.7. The van der Waals surface area contributed by atoms with Gasteiger partial charge in [-0.2, -0.15) is 5.26 Å². The number of allylic oxidation sites excluding steroid dienone is 1. The topological polar surface area (TPSA) is 94.9 Å². The molecule has 0 aromatic rings. The first kappa shape index (κ1) is 57.7. The lowest BCUT2D eigenvalue weighted by atomic mass is 10.0. The van der Waals surface area contributed by atoms with Gasteiger partial charge in [-0.25, -0.2) is 0 Å². The van der Waals surface area contributed by atoms with Crippen molar-refractivity contribution >= 4 is 11.9 Å². The van der Waals surface area contributed by atoms with Gasteiger partial charge in [-0.3, -0.25) is 14.9 Å². The molecule has 0 aliphatic carbocycles. The second-order valence-corrected chi connectivity index (χ2v) is 18.0. The van der Waals surface area contributed by atoms with E-state index in [-0.39, 0.29) is 18.0 Å². The summed E-state index contributed by atoms with van der Waals surface area (Å²) in [6.07, 6.45) is 46.9. The van der Waals surface area contributed by atoms with Crippen molar-refractivity contribution in [3.05, 3.63) is 11.9 Å². The van der Waals surface area contributed by atoms with Gasteiger partial charge in [-0.15, -0.1) is 0 Å². The number of nitriles is 1. The molecule has 0 spiro atoms. The van der Waals surface area contributed by atoms with E-state index < -0.39 is 0 Å². The van der Waals surface area contributed by atoms with E-state index in [0.29, 0.717) is 19.4 Å². The monoisotopic (exact) mass is 845 g/mol. The molecule has 0 saturated heterocycles. The Kier molecular flexibility index (Phi) is 44.5. The van der Waals surface area contributed by atoms with Gasteiger partial charge in [0.15, 0.2) is 6.19 Å². The smallest absolute Gasteiger partial charge is 0.306 e. The van der Waals surface area contributed by atoms with Crippen LogP contribution in [0.1, 0.15) is 258 Å². The van der Waals surface area contributed by atoms with E-state index in [4.69, 9.17) is 14.7 Å². The molecule has 352 valence electrons. The highest BCUT2D eigenvalue weighted by atomic mass is 16.5. The Morgan fingerprint density at radius 3 is 1.37 bits per heavy atom. The van der Waals surface area contributed by atoms with Crippen LogP contribution in [-0.4, -0.2) is 68.2 Å². The molecule has 8 nitrogen and oxygen atoms in total. The molecule has 0 unspecified atom stereocenters. The summed E-state index contributed by atoms with van der Waals surface area (Å²) in [7, 11) is 4.07. The van der Waals surface area contributed by atoms with Gasteiger partial charge in [0.1, 0.15) is 6.10 Å². The summed E-state index contributed by atoms with van der Waals surface area (Å²) in [5.74, 6) is 0.00394. The largest absolute Gasteiger partial charge is 0.466 e. The highest BCUT2D eigenvalue weighted by molar-refractivity contribution is 5.69. The number of hydrogen-bond acceptors (Lipinski definition) is 8. The molecule has 0 aromatic heterocycles. The average molecular weight is 845 g/mol. The molecule has 0 saturated carbocycles. The first-order chi connectivity index (χ1) is 29.4. The van der Waals surface area contributed by atoms with E-state index in [9.17, 15) is 9.59 Å². The molecule has 1 N–H and O–H groups in total. The maximum atomic E-state index is 12.9. The molecule has 0 fully saturated rings. The molecule has 0 aromatic carbocycles. The third-order valence-electron chi connectivity index (χ3n) is 12.1. The van der Waals surface area contributed by atoms with Crippen LogP contribution in [0.2, 0.25) is 0 Å². The molecule has 0 radical (unpaired) electrons. The number of unbranched alkanes of at least 4 members (excludes halogenated alkanes) is 26. The quantitative estimate of drug-likeness (QED) is 0.0280. The van der Waals surface area contributed by atoms with Crippen molar-refractivity contribution in [2.45, 2.75) is 264 Å². The molecule has 0 amide bonds. The molecule has 0 aliphatic heterocycles. The Morgan fingerprint density at radius 1 is 0.517 bits per heavy atom. The van der Waals surface area contributed by atoms with Crippen LogP contribution in [0.15, 0.2) is 11.9 Å². The average Bonchev–Trinajstić information content (AvgIpc) is 3.23. The lowest BCUT2D eigenvalue weighted by molar-refractivity contribution is -0.150. The number of carbonyl (C=O) groups is 2. The third-order valence-corrected chi connectivity index (χ3v) is 12.1. The summed E-state index contributed by atoms with van der Waals surface area (Å²) in [5.41, 5.74) is 1.16. The fourth-order valence-corrected chi connectivity index (χ4v) is 8.09. The molecular formula is C52H100N4O4. The van der Waals surface area contributed by atoms with Gasteiger partial charge in [-0.05, 0) is 96.7 Å². The minimum absolute atomic E-state index is 0.0205. The fraction of sp³-hybridized carbons (Fsp3) is 0.904. The zero-order chi connectivity index (χ0) is 44.0. The minimum Gasteiger partial charge on any atom is -0.466 e. The summed E-state index contributed by atoms with van der Waals surface area (Å²) in [5, 5.41) is 11.6. The normalized spacial score (nSPS) is 11.7. The van der Waals surface area contributed by atoms with Crippen molar-refractivity contribution in [2.75, 3.05) is 40.3 Å². The Morgan fingerprint density at radius 2 is 0.900 bits per heavy atom. The van der Waals surface area contributed by atoms with Gasteiger partial charge in [-0.1, -0.05) is 168 Å². The first-order valence-electron chi connectivity index (χ1n) is 26.0. The molecule has 0 bridgehead atoms. The van der Waals surface area contributed by atoms with Crippen LogP contribution in [0.5, 0.6) is 0 Å². The van der Waals surface area contributed by atoms with E-state index in [1.807, 2.05) is 26.5 Å². The maximum Gasteiger partial charge on any atom is 0.306 e. The number of esters is 2. The molecule has 0 atom stereocenters. The van der Waals surface area contributed by atoms with E-state index in [0.717, 1.165) is 83.1 Å². The highest BCUT2D eigenvalue weighted by Crippen LogP contribution is 2.19. The summed E-state index contributed by atoms with van der Waals surface area (Å²) >= 11 is 0. The van der Waals surface area contributed by atoms with Crippen LogP contribution in [0.25, 0.3) is 0 Å². The summed E-state index contributed by atoms with van der Waals surface area (Å²) in [4.78, 5) is 29.8. The molecular weight excluding hydrogens is 745 g/mol. The van der Waals surface area contributed by atoms with Crippen LogP contribution in [0.4, 0.5) is 0 Å². The number of rotatable bonds is 47. The molecule has 60 heavy (non-hydrogen) atoms. The summed E-state index contributed by atoms with van der Waals surface area (Å²) < 4.78 is 11.6. The number of hydrogen-bond donors (Lipinski definition) is 1. The molecule has 8 heteroatoms. The van der Waals surface area contributed by atoms with Crippen molar-refractivity contribution in [1.29, 1.82) is 5.26 Å². The van der Waals surface area contributed by atoms with E-state index in [2.05, 4.69) is 35.9 Å². The Balaban J connectivity index is 4.55. The standard InChI is InChI=1S/C52H100N4O4/c1-6-9-12-15-18-27-37-46-59-51(57)41-32-23-19-25-34-43-56(45-36-28-29-38-49(55(4)5)47-54-48-53)44-35-26-20-24-33-42-52(58)60-50(39-30-21-16-13-10-7-2)40-31-22-17-14-11-8-3/h47,50,54H,6-46H2,1-5H3/b49-47-. The Bertz CT molecular complexity index is 996. The SMILES string of the molecule is CCCCCCCCCOC(=O)CCCCCCCN(CCCCCCCC(=O)OC(CCCCCCCC)CCCCCCCC)CCCCC/C(=C/NC#N)N(C)C. The highest BCUT2D eigenvalue weighted by Gasteiger charge is 2.14. The van der Waals surface area contributed by atoms with Crippen molar-refractivity contribution < 1.29 is 19.1 Å². The number of carbonyl (C=O) groups excluding carboxylic acids is 2. The minimum atomic E-state index is -0.0205. The Labute approximate surface area is 373 Å². The van der Waals surface area contributed by atoms with Crippen LogP contribution < -0.4 is 5.32 Å². The van der Waals surface area contributed by atoms with E-state index in [1.54, 1.807) is 0 Å². The number of nitrogens with zero attached hydrogens (tertiary/aromatic N) is 3. The van der Waals surface area contributed by atoms with Gasteiger partial charge in [0.25, 0.3) is 0 Å². The number of nitrogens with one attached hydrogen (secondary N) is 1. The van der Waals surface area contributed by atoms with Gasteiger partial charge >= 0.3 is 11.9 Å². The fourth-order valence-electron chi connectivity index (χ4n) is 8.09. The molecule has 0 heterocycles. The number of ether oxygens (including phenoxy) is 2. The summed E-state index contributed by atoms with van der Waals surface area (Å²) in [6.45, 7) is 10.8. The third kappa shape index (κ3) is 41.1. The van der Waals surface area contributed by atoms with E-state index in [1.165, 1.54) is 167 Å². The van der Waals surface area contributed by atoms with Gasteiger partial charge in [0.2, 0.25) is 0 Å². The molecule has 0 aliphatic rings. The zero-order valence-electron chi connectivity index (χ0n) is 40.6. The van der Waals surface area contributed by atoms with Gasteiger partial charge in [0.05, 0.1) is 6.61 Å². The van der Waals surface area contributed by atoms with Crippen molar-refractivity contribution in [1.82, 2.24) is 15.1 Å². The lowest BCUT2D eigenvalue weighted by Crippen LogP contribution is -2.27. The second-order valence-electron chi connectivity index (χ2n) is 18.0. The maximum absolute atomic E-state index is 12.9. The van der Waals surface area contributed by atoms with Crippen molar-refractivity contribution in [3.63, 3.8) is 0 Å². The second kappa shape index (κ2) is 46.2. The van der Waals surface area contributed by atoms with Crippen molar-refractivity contribution in [2.24, 2.45) is 0 Å². The van der Waals surface area contributed by atoms with Crippen LogP contribution in [0, 0.1) is 11.5 Å². The predicted molar refractivity (Wildman–Crippen MR) is 256 cm³/mol. The van der Waals surface area contributed by atoms with E-state index >= 15 is 0 Å². The zero-order valence-corrected chi connectivity index (χ0v) is 40.6. The van der Waals surface area contributed by atoms with Crippen LogP contribution in [-0.2, 0) is 19.1 Å². The Hall–Kier alpha value is -2.27. The van der Waals surface area contributed by atoms with Gasteiger partial charge in [0, 0.05) is 38.8 Å². The summed E-state index contributed by atoms with van der Waals surface area (Å²) in [6, 6.07) is 0. The van der Waals surface area contributed by atoms with Gasteiger partial charge < -0.3 is 19.3 Å². The lowest BCUT2D eigenvalue weighted by Gasteiger charge is -2.23. The van der Waals surface area contributed by atoms with Crippen LogP contribution >= 0.6 is 0 Å². The first-order valence-corrected chi connectivity index (χ1v) is 26.0. The molecule has 0 rings (SSSR count). The van der Waals surface area contributed by atoms with Crippen LogP contribution in [0.3, 0.4) is 0 Å². The van der Waals surface area contributed by atoms with Crippen molar-refractivity contribution in [3.8, 4) is 6.19 Å².